The van der Waals surface area contributed by atoms with Crippen LogP contribution in [0.2, 0.25) is 5.02 Å². The second-order valence-electron chi connectivity index (χ2n) is 6.54. The molecule has 3 rings (SSSR count). The lowest BCUT2D eigenvalue weighted by Crippen LogP contribution is -2.60. The van der Waals surface area contributed by atoms with Crippen molar-refractivity contribution in [2.75, 3.05) is 6.61 Å². The molecule has 2 aliphatic heterocycles. The topological polar surface area (TPSA) is 110 Å². The zero-order valence-corrected chi connectivity index (χ0v) is 16.8. The molecule has 0 radical (unpaired) electrons. The number of carbonyl (C=O) groups is 3. The van der Waals surface area contributed by atoms with E-state index in [0.29, 0.717) is 10.6 Å². The van der Waals surface area contributed by atoms with E-state index in [1.807, 2.05) is 0 Å². The highest BCUT2D eigenvalue weighted by Crippen LogP contribution is 2.34. The lowest BCUT2D eigenvalue weighted by atomic mass is 9.98. The van der Waals surface area contributed by atoms with Gasteiger partial charge in [0.2, 0.25) is 5.90 Å². The van der Waals surface area contributed by atoms with Gasteiger partial charge in [-0.2, -0.15) is 0 Å². The van der Waals surface area contributed by atoms with E-state index in [0.717, 1.165) is 0 Å². The van der Waals surface area contributed by atoms with Crippen molar-refractivity contribution in [1.82, 2.24) is 0 Å². The van der Waals surface area contributed by atoms with Gasteiger partial charge < -0.3 is 23.7 Å². The zero-order valence-electron chi connectivity index (χ0n) is 16.0. The molecule has 0 spiro atoms. The molecule has 9 nitrogen and oxygen atoms in total. The van der Waals surface area contributed by atoms with Crippen molar-refractivity contribution in [1.29, 1.82) is 0 Å². The molecular weight excluding hydrogens is 406 g/mol. The summed E-state index contributed by atoms with van der Waals surface area (Å²) < 4.78 is 27.5. The maximum Gasteiger partial charge on any atom is 0.303 e. The van der Waals surface area contributed by atoms with E-state index in [4.69, 9.17) is 35.3 Å². The molecule has 29 heavy (non-hydrogen) atoms. The Morgan fingerprint density at radius 2 is 1.62 bits per heavy atom. The third-order valence-electron chi connectivity index (χ3n) is 4.25. The van der Waals surface area contributed by atoms with Gasteiger partial charge >= 0.3 is 17.9 Å². The molecule has 0 saturated carbocycles. The second kappa shape index (κ2) is 8.79. The maximum atomic E-state index is 11.7. The first-order valence-corrected chi connectivity index (χ1v) is 9.26. The number of halogens is 1. The van der Waals surface area contributed by atoms with Crippen LogP contribution in [-0.2, 0) is 38.1 Å². The van der Waals surface area contributed by atoms with Crippen molar-refractivity contribution in [3.05, 3.63) is 34.9 Å². The number of fused-ring (bicyclic) bond motifs is 1. The Morgan fingerprint density at radius 1 is 1.00 bits per heavy atom. The Kier molecular flexibility index (Phi) is 6.39. The predicted octanol–water partition coefficient (Wildman–Crippen LogP) is 1.64. The molecule has 1 saturated heterocycles. The van der Waals surface area contributed by atoms with E-state index >= 15 is 0 Å². The quantitative estimate of drug-likeness (QED) is 0.517. The number of nitrogens with zero attached hydrogens (tertiary/aromatic N) is 1. The molecule has 5 atom stereocenters. The molecule has 2 heterocycles. The minimum atomic E-state index is -1.04. The summed E-state index contributed by atoms with van der Waals surface area (Å²) in [5.41, 5.74) is 0.648. The number of ether oxygens (including phenoxy) is 5. The van der Waals surface area contributed by atoms with Crippen LogP contribution in [0.15, 0.2) is 29.3 Å². The lowest BCUT2D eigenvalue weighted by Gasteiger charge is -2.40. The highest BCUT2D eigenvalue weighted by atomic mass is 35.5. The average molecular weight is 426 g/mol. The average Bonchev–Trinajstić information content (AvgIpc) is 3.06. The minimum Gasteiger partial charge on any atom is -0.465 e. The summed E-state index contributed by atoms with van der Waals surface area (Å²) in [6.07, 6.45) is -4.65. The third kappa shape index (κ3) is 5.04. The summed E-state index contributed by atoms with van der Waals surface area (Å²) >= 11 is 5.91. The van der Waals surface area contributed by atoms with Gasteiger partial charge in [-0.25, -0.2) is 4.99 Å². The second-order valence-corrected chi connectivity index (χ2v) is 6.98. The highest BCUT2D eigenvalue weighted by Gasteiger charge is 2.54. The zero-order chi connectivity index (χ0) is 21.1. The normalized spacial score (nSPS) is 27.9. The maximum absolute atomic E-state index is 11.7. The van der Waals surface area contributed by atoms with Crippen molar-refractivity contribution in [3.8, 4) is 0 Å². The van der Waals surface area contributed by atoms with Gasteiger partial charge in [-0.3, -0.25) is 14.4 Å². The van der Waals surface area contributed by atoms with E-state index in [9.17, 15) is 14.4 Å². The molecule has 0 unspecified atom stereocenters. The number of rotatable bonds is 5. The fourth-order valence-electron chi connectivity index (χ4n) is 3.13. The smallest absolute Gasteiger partial charge is 0.303 e. The largest absolute Gasteiger partial charge is 0.465 e. The summed E-state index contributed by atoms with van der Waals surface area (Å²) in [4.78, 5) is 39.0. The predicted molar refractivity (Wildman–Crippen MR) is 99.3 cm³/mol. The van der Waals surface area contributed by atoms with Crippen LogP contribution >= 0.6 is 11.6 Å². The van der Waals surface area contributed by atoms with Crippen molar-refractivity contribution in [2.24, 2.45) is 4.99 Å². The molecule has 0 amide bonds. The lowest BCUT2D eigenvalue weighted by molar-refractivity contribution is -0.236. The van der Waals surface area contributed by atoms with Crippen LogP contribution in [0.4, 0.5) is 0 Å². The first-order chi connectivity index (χ1) is 13.7. The van der Waals surface area contributed by atoms with Crippen LogP contribution in [0, 0.1) is 0 Å². The Bertz CT molecular complexity index is 824. The fourth-order valence-corrected chi connectivity index (χ4v) is 3.25. The number of carbonyl (C=O) groups excluding carboxylic acids is 3. The molecule has 156 valence electrons. The van der Waals surface area contributed by atoms with Crippen LogP contribution in [0.1, 0.15) is 26.3 Å². The van der Waals surface area contributed by atoms with Gasteiger partial charge in [0, 0.05) is 31.4 Å². The van der Waals surface area contributed by atoms with E-state index in [2.05, 4.69) is 4.99 Å². The van der Waals surface area contributed by atoms with Crippen molar-refractivity contribution in [2.45, 2.75) is 51.4 Å². The van der Waals surface area contributed by atoms with Gasteiger partial charge in [-0.1, -0.05) is 11.6 Å². The molecule has 0 N–H and O–H groups in total. The molecule has 0 aromatic heterocycles. The minimum absolute atomic E-state index is 0.208. The van der Waals surface area contributed by atoms with Crippen LogP contribution in [0.3, 0.4) is 0 Å². The Balaban J connectivity index is 1.90. The summed E-state index contributed by atoms with van der Waals surface area (Å²) in [6, 6.07) is 6.80. The van der Waals surface area contributed by atoms with E-state index in [1.165, 1.54) is 20.8 Å². The Hall–Kier alpha value is -2.65. The molecule has 0 aliphatic carbocycles. The standard InChI is InChI=1S/C19H20ClNO8/c1-9(22)25-8-14-15(26-10(2)23)16(27-11(3)24)17-19(28-14)21-18(29-17)12-4-6-13(20)7-5-12/h4-7,14-17,19H,8H2,1-3H3/t14-,15-,16+,17-,19+/m1/s1. The SMILES string of the molecule is CC(=O)OC[C@H]1O[C@@H]2N=C(c3ccc(Cl)cc3)O[C@@H]2[C@@H](OC(C)=O)[C@@H]1OC(C)=O. The first kappa shape index (κ1) is 21.1. The number of hydrogen-bond acceptors (Lipinski definition) is 9. The van der Waals surface area contributed by atoms with Gasteiger partial charge in [0.1, 0.15) is 12.7 Å². The molecule has 1 fully saturated rings. The summed E-state index contributed by atoms with van der Waals surface area (Å²) in [6.45, 7) is 3.47. The number of aliphatic imine (C=N–C) groups is 1. The van der Waals surface area contributed by atoms with Crippen LogP contribution in [0.5, 0.6) is 0 Å². The molecule has 10 heteroatoms. The van der Waals surface area contributed by atoms with E-state index < -0.39 is 48.6 Å². The van der Waals surface area contributed by atoms with Crippen LogP contribution in [-0.4, -0.2) is 61.1 Å². The molecule has 0 bridgehead atoms. The molecule has 1 aromatic rings. The highest BCUT2D eigenvalue weighted by molar-refractivity contribution is 6.30. The number of hydrogen-bond donors (Lipinski definition) is 0. The Labute approximate surface area is 171 Å². The van der Waals surface area contributed by atoms with Crippen molar-refractivity contribution < 1.29 is 38.1 Å². The number of benzene rings is 1. The Morgan fingerprint density at radius 3 is 2.21 bits per heavy atom. The first-order valence-electron chi connectivity index (χ1n) is 8.88. The van der Waals surface area contributed by atoms with E-state index in [-0.39, 0.29) is 12.5 Å². The van der Waals surface area contributed by atoms with Gasteiger partial charge in [0.15, 0.2) is 24.5 Å². The molecule has 2 aliphatic rings. The van der Waals surface area contributed by atoms with Gasteiger partial charge in [-0.15, -0.1) is 0 Å². The monoisotopic (exact) mass is 425 g/mol. The van der Waals surface area contributed by atoms with Gasteiger partial charge in [0.05, 0.1) is 0 Å². The van der Waals surface area contributed by atoms with Crippen LogP contribution in [0.25, 0.3) is 0 Å². The molecule has 1 aromatic carbocycles. The van der Waals surface area contributed by atoms with Gasteiger partial charge in [-0.05, 0) is 24.3 Å². The van der Waals surface area contributed by atoms with Crippen molar-refractivity contribution in [3.63, 3.8) is 0 Å². The van der Waals surface area contributed by atoms with Gasteiger partial charge in [0.25, 0.3) is 0 Å². The fraction of sp³-hybridized carbons (Fsp3) is 0.474. The number of esters is 3. The van der Waals surface area contributed by atoms with E-state index in [1.54, 1.807) is 24.3 Å². The van der Waals surface area contributed by atoms with Crippen molar-refractivity contribution >= 4 is 35.4 Å². The summed E-state index contributed by atoms with van der Waals surface area (Å²) in [5.74, 6) is -1.47. The molecular formula is C19H20ClNO8. The third-order valence-corrected chi connectivity index (χ3v) is 4.50. The van der Waals surface area contributed by atoms with Crippen LogP contribution < -0.4 is 0 Å². The summed E-state index contributed by atoms with van der Waals surface area (Å²) in [7, 11) is 0. The summed E-state index contributed by atoms with van der Waals surface area (Å²) in [5, 5.41) is 0.551.